The molecule has 18 heavy (non-hydrogen) atoms. The van der Waals surface area contributed by atoms with Crippen LogP contribution in [0, 0.1) is 0 Å². The van der Waals surface area contributed by atoms with E-state index in [2.05, 4.69) is 15.3 Å². The van der Waals surface area contributed by atoms with E-state index in [0.29, 0.717) is 18.2 Å². The predicted molar refractivity (Wildman–Crippen MR) is 68.5 cm³/mol. The van der Waals surface area contributed by atoms with Crippen LogP contribution >= 0.6 is 0 Å². The Balaban J connectivity index is 1.95. The lowest BCUT2D eigenvalue weighted by atomic mass is 10.1. The highest BCUT2D eigenvalue weighted by molar-refractivity contribution is 5.37. The van der Waals surface area contributed by atoms with E-state index in [1.807, 2.05) is 30.3 Å². The Bertz CT molecular complexity index is 491. The number of ether oxygens (including phenoxy) is 1. The van der Waals surface area contributed by atoms with Crippen molar-refractivity contribution in [2.45, 2.75) is 6.10 Å². The molecule has 94 valence electrons. The van der Waals surface area contributed by atoms with E-state index in [0.717, 1.165) is 5.56 Å². The normalized spacial score (nSPS) is 11.9. The van der Waals surface area contributed by atoms with Crippen LogP contribution in [0.1, 0.15) is 11.7 Å². The van der Waals surface area contributed by atoms with Crippen LogP contribution in [0.4, 0.5) is 5.82 Å². The molecule has 2 aromatic rings. The van der Waals surface area contributed by atoms with Gasteiger partial charge in [-0.1, -0.05) is 30.3 Å². The molecule has 0 amide bonds. The fourth-order valence-corrected chi connectivity index (χ4v) is 1.54. The minimum absolute atomic E-state index is 0.379. The monoisotopic (exact) mass is 245 g/mol. The average Bonchev–Trinajstić information content (AvgIpc) is 2.46. The van der Waals surface area contributed by atoms with Crippen molar-refractivity contribution < 1.29 is 9.84 Å². The zero-order valence-corrected chi connectivity index (χ0v) is 10.1. The van der Waals surface area contributed by atoms with Crippen LogP contribution in [0.5, 0.6) is 5.88 Å². The molecule has 0 fully saturated rings. The molecular weight excluding hydrogens is 230 g/mol. The largest absolute Gasteiger partial charge is 0.481 e. The van der Waals surface area contributed by atoms with Crippen molar-refractivity contribution in [3.05, 3.63) is 48.3 Å². The number of methoxy groups -OCH3 is 1. The van der Waals surface area contributed by atoms with Gasteiger partial charge in [0, 0.05) is 12.6 Å². The van der Waals surface area contributed by atoms with Gasteiger partial charge >= 0.3 is 0 Å². The van der Waals surface area contributed by atoms with E-state index in [1.54, 1.807) is 13.2 Å². The van der Waals surface area contributed by atoms with E-state index in [9.17, 15) is 5.11 Å². The second kappa shape index (κ2) is 5.97. The fourth-order valence-electron chi connectivity index (χ4n) is 1.54. The summed E-state index contributed by atoms with van der Waals surface area (Å²) in [4.78, 5) is 7.95. The van der Waals surface area contributed by atoms with Gasteiger partial charge in [-0.3, -0.25) is 0 Å². The first-order valence-electron chi connectivity index (χ1n) is 5.62. The third-order valence-electron chi connectivity index (χ3n) is 2.51. The van der Waals surface area contributed by atoms with Crippen molar-refractivity contribution in [2.75, 3.05) is 19.0 Å². The van der Waals surface area contributed by atoms with Gasteiger partial charge in [0.05, 0.1) is 13.2 Å². The van der Waals surface area contributed by atoms with Gasteiger partial charge < -0.3 is 15.2 Å². The average molecular weight is 245 g/mol. The van der Waals surface area contributed by atoms with Gasteiger partial charge in [0.1, 0.15) is 12.1 Å². The van der Waals surface area contributed by atoms with Crippen molar-refractivity contribution in [3.8, 4) is 5.88 Å². The molecule has 0 aliphatic heterocycles. The number of hydrogen-bond donors (Lipinski definition) is 2. The van der Waals surface area contributed by atoms with Gasteiger partial charge in [0.2, 0.25) is 5.88 Å². The lowest BCUT2D eigenvalue weighted by molar-refractivity contribution is 0.191. The van der Waals surface area contributed by atoms with Gasteiger partial charge in [-0.05, 0) is 5.56 Å². The van der Waals surface area contributed by atoms with Gasteiger partial charge in [-0.15, -0.1) is 0 Å². The van der Waals surface area contributed by atoms with Gasteiger partial charge in [0.15, 0.2) is 0 Å². The van der Waals surface area contributed by atoms with E-state index in [1.165, 1.54) is 6.33 Å². The SMILES string of the molecule is COc1cc(NC[C@H](O)c2ccccc2)ncn1. The molecule has 2 rings (SSSR count). The molecule has 0 spiro atoms. The smallest absolute Gasteiger partial charge is 0.218 e. The Kier molecular flexibility index (Phi) is 4.09. The Morgan fingerprint density at radius 1 is 1.28 bits per heavy atom. The van der Waals surface area contributed by atoms with Crippen LogP contribution in [-0.4, -0.2) is 28.7 Å². The molecule has 5 heteroatoms. The predicted octanol–water partition coefficient (Wildman–Crippen LogP) is 1.63. The van der Waals surface area contributed by atoms with Gasteiger partial charge in [-0.2, -0.15) is 0 Å². The summed E-state index contributed by atoms with van der Waals surface area (Å²) in [6.45, 7) is 0.379. The molecule has 0 unspecified atom stereocenters. The molecular formula is C13H15N3O2. The van der Waals surface area contributed by atoms with Crippen molar-refractivity contribution in [2.24, 2.45) is 0 Å². The van der Waals surface area contributed by atoms with Crippen LogP contribution in [-0.2, 0) is 0 Å². The van der Waals surface area contributed by atoms with Crippen molar-refractivity contribution in [1.29, 1.82) is 0 Å². The zero-order chi connectivity index (χ0) is 12.8. The summed E-state index contributed by atoms with van der Waals surface area (Å²) >= 11 is 0. The summed E-state index contributed by atoms with van der Waals surface area (Å²) in [7, 11) is 1.55. The third kappa shape index (κ3) is 3.18. The maximum Gasteiger partial charge on any atom is 0.218 e. The minimum atomic E-state index is -0.577. The number of aliphatic hydroxyl groups excluding tert-OH is 1. The molecule has 5 nitrogen and oxygen atoms in total. The summed E-state index contributed by atoms with van der Waals surface area (Å²) in [5, 5.41) is 13.0. The van der Waals surface area contributed by atoms with Crippen molar-refractivity contribution >= 4 is 5.82 Å². The first-order chi connectivity index (χ1) is 8.79. The van der Waals surface area contributed by atoms with Crippen LogP contribution in [0.25, 0.3) is 0 Å². The number of aliphatic hydroxyl groups is 1. The van der Waals surface area contributed by atoms with Crippen LogP contribution in [0.3, 0.4) is 0 Å². The fraction of sp³-hybridized carbons (Fsp3) is 0.231. The second-order valence-corrected chi connectivity index (χ2v) is 3.75. The third-order valence-corrected chi connectivity index (χ3v) is 2.51. The number of nitrogens with zero attached hydrogens (tertiary/aromatic N) is 2. The number of hydrogen-bond acceptors (Lipinski definition) is 5. The van der Waals surface area contributed by atoms with Crippen LogP contribution in [0.15, 0.2) is 42.7 Å². The Hall–Kier alpha value is -2.14. The minimum Gasteiger partial charge on any atom is -0.481 e. The number of benzene rings is 1. The van der Waals surface area contributed by atoms with Crippen molar-refractivity contribution in [1.82, 2.24) is 9.97 Å². The van der Waals surface area contributed by atoms with Crippen LogP contribution < -0.4 is 10.1 Å². The molecule has 0 bridgehead atoms. The number of rotatable bonds is 5. The second-order valence-electron chi connectivity index (χ2n) is 3.75. The first-order valence-corrected chi connectivity index (χ1v) is 5.62. The maximum absolute atomic E-state index is 9.97. The molecule has 0 radical (unpaired) electrons. The Labute approximate surface area is 105 Å². The van der Waals surface area contributed by atoms with Gasteiger partial charge in [-0.25, -0.2) is 9.97 Å². The van der Waals surface area contributed by atoms with E-state index < -0.39 is 6.10 Å². The quantitative estimate of drug-likeness (QED) is 0.838. The molecule has 0 aliphatic rings. The summed E-state index contributed by atoms with van der Waals surface area (Å²) in [5.41, 5.74) is 0.867. The molecule has 1 aromatic heterocycles. The van der Waals surface area contributed by atoms with E-state index in [-0.39, 0.29) is 0 Å². The lowest BCUT2D eigenvalue weighted by Crippen LogP contribution is -2.13. The van der Waals surface area contributed by atoms with Crippen LogP contribution in [0.2, 0.25) is 0 Å². The summed E-state index contributed by atoms with van der Waals surface area (Å²) in [5.74, 6) is 1.11. The molecule has 0 aliphatic carbocycles. The first kappa shape index (κ1) is 12.3. The summed E-state index contributed by atoms with van der Waals surface area (Å²) < 4.78 is 4.99. The molecule has 0 saturated carbocycles. The standard InChI is InChI=1S/C13H15N3O2/c1-18-13-7-12(15-9-16-13)14-8-11(17)10-5-3-2-4-6-10/h2-7,9,11,17H,8H2,1H3,(H,14,15,16)/t11-/m0/s1. The molecule has 1 atom stereocenters. The van der Waals surface area contributed by atoms with Gasteiger partial charge in [0.25, 0.3) is 0 Å². The highest BCUT2D eigenvalue weighted by Crippen LogP contribution is 2.14. The number of nitrogens with one attached hydrogen (secondary N) is 1. The maximum atomic E-state index is 9.97. The van der Waals surface area contributed by atoms with E-state index in [4.69, 9.17) is 4.74 Å². The number of aromatic nitrogens is 2. The Morgan fingerprint density at radius 3 is 2.78 bits per heavy atom. The topological polar surface area (TPSA) is 67.3 Å². The molecule has 1 aromatic carbocycles. The lowest BCUT2D eigenvalue weighted by Gasteiger charge is -2.12. The number of anilines is 1. The Morgan fingerprint density at radius 2 is 2.06 bits per heavy atom. The summed E-state index contributed by atoms with van der Waals surface area (Å²) in [6, 6.07) is 11.1. The zero-order valence-electron chi connectivity index (χ0n) is 10.1. The highest BCUT2D eigenvalue weighted by Gasteiger charge is 2.07. The molecule has 1 heterocycles. The van der Waals surface area contributed by atoms with Crippen molar-refractivity contribution in [3.63, 3.8) is 0 Å². The molecule has 2 N–H and O–H groups in total. The van der Waals surface area contributed by atoms with E-state index >= 15 is 0 Å². The highest BCUT2D eigenvalue weighted by atomic mass is 16.5. The summed E-state index contributed by atoms with van der Waals surface area (Å²) in [6.07, 6.45) is 0.836. The molecule has 0 saturated heterocycles.